The summed E-state index contributed by atoms with van der Waals surface area (Å²) in [4.78, 5) is 7.03. The summed E-state index contributed by atoms with van der Waals surface area (Å²) < 4.78 is 0. The Morgan fingerprint density at radius 2 is 2.12 bits per heavy atom. The van der Waals surface area contributed by atoms with Crippen molar-refractivity contribution in [1.29, 1.82) is 0 Å². The van der Waals surface area contributed by atoms with Crippen molar-refractivity contribution in [3.05, 3.63) is 23.4 Å². The molecule has 1 fully saturated rings. The number of piperidine rings is 1. The van der Waals surface area contributed by atoms with Gasteiger partial charge in [0.2, 0.25) is 0 Å². The van der Waals surface area contributed by atoms with Crippen LogP contribution in [0.25, 0.3) is 0 Å². The number of aryl methyl sites for hydroxylation is 1. The largest absolute Gasteiger partial charge is 0.356 e. The predicted molar refractivity (Wildman–Crippen MR) is 73.7 cm³/mol. The second-order valence-electron chi connectivity index (χ2n) is 5.30. The van der Waals surface area contributed by atoms with Gasteiger partial charge in [0.25, 0.3) is 0 Å². The van der Waals surface area contributed by atoms with Crippen LogP contribution >= 0.6 is 11.6 Å². The number of rotatable bonds is 2. The van der Waals surface area contributed by atoms with Crippen LogP contribution in [0.1, 0.15) is 31.5 Å². The van der Waals surface area contributed by atoms with E-state index in [9.17, 15) is 0 Å². The Morgan fingerprint density at radius 3 is 2.76 bits per heavy atom. The maximum absolute atomic E-state index is 5.92. The van der Waals surface area contributed by atoms with Crippen LogP contribution in [0.5, 0.6) is 0 Å². The highest BCUT2D eigenvalue weighted by Gasteiger charge is 2.23. The summed E-state index contributed by atoms with van der Waals surface area (Å²) in [5, 5.41) is 0. The summed E-state index contributed by atoms with van der Waals surface area (Å²) in [6.45, 7) is 8.93. The van der Waals surface area contributed by atoms with Crippen LogP contribution in [0.4, 0.5) is 5.82 Å². The van der Waals surface area contributed by atoms with Crippen molar-refractivity contribution in [2.24, 2.45) is 11.8 Å². The van der Waals surface area contributed by atoms with Crippen molar-refractivity contribution >= 4 is 17.4 Å². The molecule has 1 aliphatic rings. The molecule has 3 heteroatoms. The molecule has 2 rings (SSSR count). The molecule has 94 valence electrons. The van der Waals surface area contributed by atoms with Gasteiger partial charge in [-0.15, -0.1) is 11.6 Å². The zero-order valence-corrected chi connectivity index (χ0v) is 11.7. The summed E-state index contributed by atoms with van der Waals surface area (Å²) in [6.07, 6.45) is 1.26. The normalized spacial score (nSPS) is 25.1. The fourth-order valence-corrected chi connectivity index (χ4v) is 2.59. The van der Waals surface area contributed by atoms with Crippen LogP contribution in [0.2, 0.25) is 0 Å². The van der Waals surface area contributed by atoms with E-state index in [4.69, 9.17) is 11.6 Å². The SMILES string of the molecule is Cc1cc(CCl)cc(N2CCC(C)C(C)C2)n1. The third-order valence-electron chi connectivity index (χ3n) is 3.81. The van der Waals surface area contributed by atoms with Gasteiger partial charge in [-0.05, 0) is 42.9 Å². The minimum Gasteiger partial charge on any atom is -0.356 e. The Morgan fingerprint density at radius 1 is 1.35 bits per heavy atom. The number of alkyl halides is 1. The summed E-state index contributed by atoms with van der Waals surface area (Å²) in [7, 11) is 0. The molecule has 0 spiro atoms. The Kier molecular flexibility index (Phi) is 3.93. The van der Waals surface area contributed by atoms with Crippen LogP contribution in [0, 0.1) is 18.8 Å². The Labute approximate surface area is 109 Å². The molecule has 0 saturated carbocycles. The van der Waals surface area contributed by atoms with Gasteiger partial charge >= 0.3 is 0 Å². The monoisotopic (exact) mass is 252 g/mol. The topological polar surface area (TPSA) is 16.1 Å². The van der Waals surface area contributed by atoms with E-state index >= 15 is 0 Å². The first-order valence-electron chi connectivity index (χ1n) is 6.38. The standard InChI is InChI=1S/C14H21ClN2/c1-10-4-5-17(9-11(10)2)14-7-13(8-15)6-12(3)16-14/h6-7,10-11H,4-5,8-9H2,1-3H3. The zero-order chi connectivity index (χ0) is 12.4. The molecule has 2 unspecified atom stereocenters. The van der Waals surface area contributed by atoms with E-state index < -0.39 is 0 Å². The third kappa shape index (κ3) is 2.92. The van der Waals surface area contributed by atoms with Crippen molar-refractivity contribution in [2.45, 2.75) is 33.1 Å². The number of hydrogen-bond acceptors (Lipinski definition) is 2. The van der Waals surface area contributed by atoms with E-state index in [0.717, 1.165) is 36.4 Å². The third-order valence-corrected chi connectivity index (χ3v) is 4.12. The van der Waals surface area contributed by atoms with Gasteiger partial charge in [-0.25, -0.2) is 4.98 Å². The Balaban J connectivity index is 2.19. The Hall–Kier alpha value is -0.760. The summed E-state index contributed by atoms with van der Waals surface area (Å²) >= 11 is 5.92. The molecule has 0 amide bonds. The molecule has 0 bridgehead atoms. The molecule has 2 atom stereocenters. The fraction of sp³-hybridized carbons (Fsp3) is 0.643. The quantitative estimate of drug-likeness (QED) is 0.748. The van der Waals surface area contributed by atoms with E-state index in [1.807, 2.05) is 6.92 Å². The average molecular weight is 253 g/mol. The first-order valence-corrected chi connectivity index (χ1v) is 6.92. The van der Waals surface area contributed by atoms with Crippen molar-refractivity contribution in [3.8, 4) is 0 Å². The lowest BCUT2D eigenvalue weighted by atomic mass is 9.89. The van der Waals surface area contributed by atoms with Crippen LogP contribution in [-0.2, 0) is 5.88 Å². The zero-order valence-electron chi connectivity index (χ0n) is 10.9. The average Bonchev–Trinajstić information content (AvgIpc) is 2.32. The van der Waals surface area contributed by atoms with Crippen molar-refractivity contribution < 1.29 is 0 Å². The number of aromatic nitrogens is 1. The number of nitrogens with zero attached hydrogens (tertiary/aromatic N) is 2. The molecule has 2 nitrogen and oxygen atoms in total. The maximum atomic E-state index is 5.92. The molecule has 0 aliphatic carbocycles. The summed E-state index contributed by atoms with van der Waals surface area (Å²) in [5.74, 6) is 3.23. The van der Waals surface area contributed by atoms with Gasteiger partial charge in [-0.1, -0.05) is 13.8 Å². The number of pyridine rings is 1. The summed E-state index contributed by atoms with van der Waals surface area (Å²) in [5.41, 5.74) is 2.23. The predicted octanol–water partition coefficient (Wildman–Crippen LogP) is 3.61. The van der Waals surface area contributed by atoms with Gasteiger partial charge < -0.3 is 4.90 Å². The molecule has 0 aromatic carbocycles. The van der Waals surface area contributed by atoms with Crippen molar-refractivity contribution in [2.75, 3.05) is 18.0 Å². The molecule has 17 heavy (non-hydrogen) atoms. The molecule has 1 saturated heterocycles. The number of hydrogen-bond donors (Lipinski definition) is 0. The van der Waals surface area contributed by atoms with Crippen LogP contribution in [-0.4, -0.2) is 18.1 Å². The molecule has 0 radical (unpaired) electrons. The van der Waals surface area contributed by atoms with E-state index in [-0.39, 0.29) is 0 Å². The lowest BCUT2D eigenvalue weighted by Gasteiger charge is -2.36. The van der Waals surface area contributed by atoms with Crippen LogP contribution < -0.4 is 4.90 Å². The highest BCUT2D eigenvalue weighted by Crippen LogP contribution is 2.26. The molecule has 1 aliphatic heterocycles. The highest BCUT2D eigenvalue weighted by molar-refractivity contribution is 6.17. The van der Waals surface area contributed by atoms with Crippen molar-refractivity contribution in [3.63, 3.8) is 0 Å². The van der Waals surface area contributed by atoms with Gasteiger partial charge in [-0.2, -0.15) is 0 Å². The molecular weight excluding hydrogens is 232 g/mol. The van der Waals surface area contributed by atoms with Crippen LogP contribution in [0.3, 0.4) is 0 Å². The second-order valence-corrected chi connectivity index (χ2v) is 5.57. The van der Waals surface area contributed by atoms with Crippen LogP contribution in [0.15, 0.2) is 12.1 Å². The van der Waals surface area contributed by atoms with Gasteiger partial charge in [0.1, 0.15) is 5.82 Å². The van der Waals surface area contributed by atoms with E-state index in [2.05, 4.69) is 35.9 Å². The molecule has 2 heterocycles. The van der Waals surface area contributed by atoms with E-state index in [1.165, 1.54) is 12.0 Å². The number of halogens is 1. The van der Waals surface area contributed by atoms with Gasteiger partial charge in [-0.3, -0.25) is 0 Å². The van der Waals surface area contributed by atoms with E-state index in [0.29, 0.717) is 5.88 Å². The highest BCUT2D eigenvalue weighted by atomic mass is 35.5. The van der Waals surface area contributed by atoms with Crippen molar-refractivity contribution in [1.82, 2.24) is 4.98 Å². The molecule has 0 N–H and O–H groups in total. The van der Waals surface area contributed by atoms with Gasteiger partial charge in [0, 0.05) is 24.7 Å². The second kappa shape index (κ2) is 5.26. The maximum Gasteiger partial charge on any atom is 0.129 e. The Bertz CT molecular complexity index is 392. The first kappa shape index (κ1) is 12.7. The fourth-order valence-electron chi connectivity index (χ4n) is 2.43. The van der Waals surface area contributed by atoms with Gasteiger partial charge in [0.05, 0.1) is 0 Å². The smallest absolute Gasteiger partial charge is 0.129 e. The molecule has 1 aromatic heterocycles. The number of anilines is 1. The molecular formula is C14H21ClN2. The molecule has 1 aromatic rings. The lowest BCUT2D eigenvalue weighted by molar-refractivity contribution is 0.322. The first-order chi connectivity index (χ1) is 8.10. The van der Waals surface area contributed by atoms with E-state index in [1.54, 1.807) is 0 Å². The minimum absolute atomic E-state index is 0.566. The van der Waals surface area contributed by atoms with Gasteiger partial charge in [0.15, 0.2) is 0 Å². The summed E-state index contributed by atoms with van der Waals surface area (Å²) in [6, 6.07) is 4.19. The lowest BCUT2D eigenvalue weighted by Crippen LogP contribution is -2.39. The minimum atomic E-state index is 0.566.